The molecule has 0 N–H and O–H groups in total. The van der Waals surface area contributed by atoms with Crippen LogP contribution in [0.2, 0.25) is 5.04 Å². The Bertz CT molecular complexity index is 1570. The van der Waals surface area contributed by atoms with Crippen LogP contribution in [0.4, 0.5) is 0 Å². The van der Waals surface area contributed by atoms with Gasteiger partial charge in [-0.25, -0.2) is 12.4 Å². The standard InChI is InChI=1S/C31H29NO3SSi/c1-30(2,3)37-35-31(25-13-7-4-8-14-25,26-15-9-5-10-16-26)27-20-19-24-21-22-32(29(24)23-27)36(33,34)28-17-11-6-12-18-28/h4-23H,1-3H3. The minimum atomic E-state index is -3.77. The Hall–Kier alpha value is -3.45. The fourth-order valence-electron chi connectivity index (χ4n) is 4.49. The summed E-state index contributed by atoms with van der Waals surface area (Å²) >= 11 is 0. The van der Waals surface area contributed by atoms with Crippen LogP contribution in [0.25, 0.3) is 10.9 Å². The van der Waals surface area contributed by atoms with Gasteiger partial charge in [-0.3, -0.25) is 0 Å². The molecule has 1 heterocycles. The van der Waals surface area contributed by atoms with Crippen molar-refractivity contribution in [3.8, 4) is 0 Å². The number of hydrogen-bond donors (Lipinski definition) is 0. The average Bonchev–Trinajstić information content (AvgIpc) is 3.35. The molecule has 0 saturated carbocycles. The second kappa shape index (κ2) is 9.78. The van der Waals surface area contributed by atoms with Crippen LogP contribution in [0.15, 0.2) is 126 Å². The molecule has 2 radical (unpaired) electrons. The van der Waals surface area contributed by atoms with Crippen molar-refractivity contribution in [2.45, 2.75) is 36.3 Å². The monoisotopic (exact) mass is 523 g/mol. The minimum Gasteiger partial charge on any atom is -0.400 e. The summed E-state index contributed by atoms with van der Waals surface area (Å²) < 4.78 is 35.5. The molecule has 0 aliphatic carbocycles. The highest BCUT2D eigenvalue weighted by molar-refractivity contribution is 7.90. The maximum atomic E-state index is 13.6. The SMILES string of the molecule is CC(C)(C)[Si]OC(c1ccccc1)(c1ccccc1)c1ccc2ccn(S(=O)(=O)c3ccccc3)c2c1. The fourth-order valence-corrected chi connectivity index (χ4v) is 6.67. The van der Waals surface area contributed by atoms with Crippen molar-refractivity contribution in [3.63, 3.8) is 0 Å². The van der Waals surface area contributed by atoms with E-state index in [-0.39, 0.29) is 19.7 Å². The van der Waals surface area contributed by atoms with Crippen molar-refractivity contribution in [2.24, 2.45) is 0 Å². The lowest BCUT2D eigenvalue weighted by atomic mass is 9.80. The first-order valence-corrected chi connectivity index (χ1v) is 14.6. The molecule has 5 rings (SSSR count). The summed E-state index contributed by atoms with van der Waals surface area (Å²) in [6.07, 6.45) is 1.63. The molecule has 0 bridgehead atoms. The van der Waals surface area contributed by atoms with E-state index in [2.05, 4.69) is 51.1 Å². The Morgan fingerprint density at radius 1 is 0.676 bits per heavy atom. The summed E-state index contributed by atoms with van der Waals surface area (Å²) in [5.41, 5.74) is 2.54. The number of rotatable bonds is 7. The summed E-state index contributed by atoms with van der Waals surface area (Å²) in [5, 5.41) is 0.784. The molecule has 0 fully saturated rings. The van der Waals surface area contributed by atoms with Crippen LogP contribution in [0.5, 0.6) is 0 Å². The number of nitrogens with zero attached hydrogens (tertiary/aromatic N) is 1. The third-order valence-electron chi connectivity index (χ3n) is 6.23. The van der Waals surface area contributed by atoms with E-state index in [0.29, 0.717) is 5.52 Å². The third kappa shape index (κ3) is 4.80. The van der Waals surface area contributed by atoms with Crippen LogP contribution in [0, 0.1) is 0 Å². The fraction of sp³-hybridized carbons (Fsp3) is 0.161. The number of hydrogen-bond acceptors (Lipinski definition) is 3. The minimum absolute atomic E-state index is 0.0597. The van der Waals surface area contributed by atoms with Crippen molar-refractivity contribution in [1.29, 1.82) is 0 Å². The Balaban J connectivity index is 1.78. The molecule has 5 aromatic rings. The predicted molar refractivity (Wildman–Crippen MR) is 150 cm³/mol. The molecule has 0 spiro atoms. The maximum Gasteiger partial charge on any atom is 0.268 e. The van der Waals surface area contributed by atoms with E-state index in [1.165, 1.54) is 3.97 Å². The van der Waals surface area contributed by atoms with Gasteiger partial charge in [0.1, 0.15) is 5.60 Å². The smallest absolute Gasteiger partial charge is 0.268 e. The van der Waals surface area contributed by atoms with Gasteiger partial charge in [0.2, 0.25) is 9.76 Å². The molecule has 0 aliphatic heterocycles. The summed E-state index contributed by atoms with van der Waals surface area (Å²) in [7, 11) is -3.58. The van der Waals surface area contributed by atoms with Gasteiger partial charge in [-0.1, -0.05) is 112 Å². The van der Waals surface area contributed by atoms with Gasteiger partial charge < -0.3 is 4.43 Å². The molecule has 4 aromatic carbocycles. The molecule has 1 aromatic heterocycles. The van der Waals surface area contributed by atoms with Crippen LogP contribution in [-0.4, -0.2) is 22.2 Å². The van der Waals surface area contributed by atoms with Crippen LogP contribution >= 0.6 is 0 Å². The molecule has 6 heteroatoms. The van der Waals surface area contributed by atoms with E-state index in [4.69, 9.17) is 4.43 Å². The zero-order valence-electron chi connectivity index (χ0n) is 21.1. The van der Waals surface area contributed by atoms with Crippen LogP contribution in [-0.2, 0) is 20.1 Å². The Labute approximate surface area is 221 Å². The first kappa shape index (κ1) is 25.2. The molecular weight excluding hydrogens is 494 g/mol. The zero-order chi connectivity index (χ0) is 26.1. The summed E-state index contributed by atoms with van der Waals surface area (Å²) in [6, 6.07) is 36.7. The quantitative estimate of drug-likeness (QED) is 0.170. The molecular formula is C31H29NO3SSi. The number of aromatic nitrogens is 1. The number of fused-ring (bicyclic) bond motifs is 1. The van der Waals surface area contributed by atoms with Gasteiger partial charge in [0.05, 0.1) is 10.4 Å². The zero-order valence-corrected chi connectivity index (χ0v) is 22.9. The van der Waals surface area contributed by atoms with E-state index < -0.39 is 15.6 Å². The molecule has 0 aliphatic rings. The van der Waals surface area contributed by atoms with Crippen molar-refractivity contribution in [2.75, 3.05) is 0 Å². The topological polar surface area (TPSA) is 48.3 Å². The van der Waals surface area contributed by atoms with Gasteiger partial charge >= 0.3 is 0 Å². The van der Waals surface area contributed by atoms with Gasteiger partial charge in [-0.05, 0) is 46.0 Å². The first-order valence-electron chi connectivity index (χ1n) is 12.2. The Kier molecular flexibility index (Phi) is 6.66. The summed E-state index contributed by atoms with van der Waals surface area (Å²) in [5.74, 6) is 0. The van der Waals surface area contributed by atoms with Crippen LogP contribution in [0.1, 0.15) is 37.5 Å². The van der Waals surface area contributed by atoms with Gasteiger partial charge in [0, 0.05) is 11.6 Å². The largest absolute Gasteiger partial charge is 0.400 e. The summed E-state index contributed by atoms with van der Waals surface area (Å²) in [6.45, 7) is 6.48. The normalized spacial score (nSPS) is 12.6. The third-order valence-corrected chi connectivity index (χ3v) is 8.96. The highest BCUT2D eigenvalue weighted by Gasteiger charge is 2.39. The molecule has 4 nitrogen and oxygen atoms in total. The Morgan fingerprint density at radius 3 is 1.76 bits per heavy atom. The van der Waals surface area contributed by atoms with Crippen LogP contribution in [0.3, 0.4) is 0 Å². The second-order valence-corrected chi connectivity index (χ2v) is 13.8. The van der Waals surface area contributed by atoms with E-state index in [1.54, 1.807) is 30.5 Å². The number of benzene rings is 4. The van der Waals surface area contributed by atoms with Gasteiger partial charge in [-0.15, -0.1) is 0 Å². The second-order valence-electron chi connectivity index (χ2n) is 10.1. The van der Waals surface area contributed by atoms with Crippen molar-refractivity contribution in [3.05, 3.63) is 138 Å². The van der Waals surface area contributed by atoms with E-state index in [0.717, 1.165) is 22.1 Å². The Morgan fingerprint density at radius 2 is 1.22 bits per heavy atom. The molecule has 0 atom stereocenters. The van der Waals surface area contributed by atoms with Crippen molar-refractivity contribution in [1.82, 2.24) is 3.97 Å². The molecule has 37 heavy (non-hydrogen) atoms. The molecule has 0 amide bonds. The molecule has 0 unspecified atom stereocenters. The van der Waals surface area contributed by atoms with Crippen molar-refractivity contribution < 1.29 is 12.8 Å². The average molecular weight is 524 g/mol. The van der Waals surface area contributed by atoms with Gasteiger partial charge in [-0.2, -0.15) is 0 Å². The van der Waals surface area contributed by atoms with Crippen molar-refractivity contribution >= 4 is 30.7 Å². The predicted octanol–water partition coefficient (Wildman–Crippen LogP) is 7.02. The highest BCUT2D eigenvalue weighted by Crippen LogP contribution is 2.43. The summed E-state index contributed by atoms with van der Waals surface area (Å²) in [4.78, 5) is 0.251. The highest BCUT2D eigenvalue weighted by atomic mass is 32.2. The molecule has 0 saturated heterocycles. The van der Waals surface area contributed by atoms with E-state index in [1.807, 2.05) is 60.7 Å². The lowest BCUT2D eigenvalue weighted by molar-refractivity contribution is 0.157. The van der Waals surface area contributed by atoms with Gasteiger partial charge in [0.15, 0.2) is 0 Å². The lowest BCUT2D eigenvalue weighted by Crippen LogP contribution is -2.36. The van der Waals surface area contributed by atoms with E-state index in [9.17, 15) is 8.42 Å². The lowest BCUT2D eigenvalue weighted by Gasteiger charge is -2.38. The van der Waals surface area contributed by atoms with E-state index >= 15 is 0 Å². The van der Waals surface area contributed by atoms with Crippen LogP contribution < -0.4 is 0 Å². The van der Waals surface area contributed by atoms with Gasteiger partial charge in [0.25, 0.3) is 10.0 Å². The maximum absolute atomic E-state index is 13.6. The first-order chi connectivity index (χ1) is 17.7. The molecule has 186 valence electrons.